The number of aliphatic hydroxyl groups is 3. The van der Waals surface area contributed by atoms with E-state index < -0.39 is 59.8 Å². The Labute approximate surface area is 245 Å². The van der Waals surface area contributed by atoms with Gasteiger partial charge in [0, 0.05) is 19.6 Å². The summed E-state index contributed by atoms with van der Waals surface area (Å²) in [5.41, 5.74) is 0. The Morgan fingerprint density at radius 3 is 2.29 bits per heavy atom. The number of ketones is 1. The minimum absolute atomic E-state index is 0.0296. The second-order valence-corrected chi connectivity index (χ2v) is 13.4. The Bertz CT molecular complexity index is 910. The third kappa shape index (κ3) is 7.50. The van der Waals surface area contributed by atoms with Crippen molar-refractivity contribution in [3.8, 4) is 0 Å². The van der Waals surface area contributed by atoms with Crippen LogP contribution in [0.1, 0.15) is 92.9 Å². The van der Waals surface area contributed by atoms with Crippen molar-refractivity contribution < 1.29 is 43.9 Å². The molecule has 41 heavy (non-hydrogen) atoms. The van der Waals surface area contributed by atoms with Gasteiger partial charge in [0.1, 0.15) is 18.2 Å². The average Bonchev–Trinajstić information content (AvgIpc) is 2.93. The molecule has 2 heterocycles. The van der Waals surface area contributed by atoms with Crippen LogP contribution in [0.3, 0.4) is 0 Å². The van der Waals surface area contributed by atoms with E-state index in [9.17, 15) is 29.7 Å². The van der Waals surface area contributed by atoms with Crippen LogP contribution in [0, 0.1) is 29.6 Å². The summed E-state index contributed by atoms with van der Waals surface area (Å²) in [4.78, 5) is 41.9. The number of hydrogen-bond donors (Lipinski definition) is 3. The summed E-state index contributed by atoms with van der Waals surface area (Å²) in [6, 6.07) is -0.926. The molecule has 3 rings (SSSR count). The predicted molar refractivity (Wildman–Crippen MR) is 151 cm³/mol. The molecule has 2 saturated heterocycles. The fourth-order valence-corrected chi connectivity index (χ4v) is 6.97. The molecule has 0 spiro atoms. The van der Waals surface area contributed by atoms with E-state index in [1.807, 2.05) is 34.6 Å². The molecular formula is C31H53NO9. The summed E-state index contributed by atoms with van der Waals surface area (Å²) < 4.78 is 17.2. The first-order chi connectivity index (χ1) is 19.2. The summed E-state index contributed by atoms with van der Waals surface area (Å²) in [6.45, 7) is 11.7. The molecular weight excluding hydrogens is 530 g/mol. The quantitative estimate of drug-likeness (QED) is 0.261. The molecule has 0 bridgehead atoms. The molecule has 10 heteroatoms. The minimum Gasteiger partial charge on any atom is -0.460 e. The van der Waals surface area contributed by atoms with Crippen molar-refractivity contribution in [2.75, 3.05) is 13.7 Å². The SMILES string of the molecule is CO[C@@H]1[C@@H](O)[C@H](C[C@@H](C)[C@@H](OC(=O)[C@@H]2CCCCN2C(=O)C(=O)[C@]2(O)OC(C(C)C)CC[C@H]2C)C(C)C)CC[C@H]1O. The number of methoxy groups -OCH3 is 1. The highest BCUT2D eigenvalue weighted by atomic mass is 16.6. The number of carbonyl (C=O) groups is 3. The lowest BCUT2D eigenvalue weighted by atomic mass is 9.76. The van der Waals surface area contributed by atoms with E-state index in [2.05, 4.69) is 0 Å². The van der Waals surface area contributed by atoms with E-state index in [0.717, 1.165) is 0 Å². The van der Waals surface area contributed by atoms with E-state index in [0.29, 0.717) is 51.4 Å². The number of aliphatic hydroxyl groups excluding tert-OH is 2. The van der Waals surface area contributed by atoms with Gasteiger partial charge < -0.3 is 34.4 Å². The van der Waals surface area contributed by atoms with Gasteiger partial charge in [0.2, 0.25) is 5.79 Å². The van der Waals surface area contributed by atoms with Gasteiger partial charge in [0.15, 0.2) is 0 Å². The first-order valence-corrected chi connectivity index (χ1v) is 15.6. The second-order valence-electron chi connectivity index (χ2n) is 13.4. The molecule has 0 aromatic heterocycles. The molecule has 1 saturated carbocycles. The molecule has 0 aromatic rings. The molecule has 1 aliphatic carbocycles. The molecule has 0 aromatic carbocycles. The highest BCUT2D eigenvalue weighted by Crippen LogP contribution is 2.37. The molecule has 2 aliphatic heterocycles. The van der Waals surface area contributed by atoms with Gasteiger partial charge in [-0.05, 0) is 75.0 Å². The molecule has 3 fully saturated rings. The van der Waals surface area contributed by atoms with E-state index in [1.54, 1.807) is 6.92 Å². The van der Waals surface area contributed by atoms with Crippen molar-refractivity contribution in [3.05, 3.63) is 0 Å². The Morgan fingerprint density at radius 1 is 1.00 bits per heavy atom. The fraction of sp³-hybridized carbons (Fsp3) is 0.903. The Morgan fingerprint density at radius 2 is 1.68 bits per heavy atom. The number of likely N-dealkylation sites (tertiary alicyclic amines) is 1. The van der Waals surface area contributed by atoms with Crippen molar-refractivity contribution in [2.45, 2.75) is 135 Å². The van der Waals surface area contributed by atoms with E-state index in [1.165, 1.54) is 12.0 Å². The summed E-state index contributed by atoms with van der Waals surface area (Å²) in [5.74, 6) is -5.44. The van der Waals surface area contributed by atoms with Gasteiger partial charge >= 0.3 is 5.97 Å². The Hall–Kier alpha value is -1.59. The molecule has 0 radical (unpaired) electrons. The maximum absolute atomic E-state index is 13.6. The highest BCUT2D eigenvalue weighted by Gasteiger charge is 2.53. The number of rotatable bonds is 10. The molecule has 1 unspecified atom stereocenters. The van der Waals surface area contributed by atoms with Gasteiger partial charge in [-0.2, -0.15) is 0 Å². The van der Waals surface area contributed by atoms with E-state index >= 15 is 0 Å². The summed E-state index contributed by atoms with van der Waals surface area (Å²) in [7, 11) is 1.48. The van der Waals surface area contributed by atoms with Crippen LogP contribution in [0.4, 0.5) is 0 Å². The molecule has 10 atom stereocenters. The van der Waals surface area contributed by atoms with Crippen LogP contribution < -0.4 is 0 Å². The van der Waals surface area contributed by atoms with Gasteiger partial charge in [-0.3, -0.25) is 9.59 Å². The zero-order valence-electron chi connectivity index (χ0n) is 26.0. The maximum Gasteiger partial charge on any atom is 0.329 e. The topological polar surface area (TPSA) is 143 Å². The van der Waals surface area contributed by atoms with Crippen LogP contribution in [0.15, 0.2) is 0 Å². The third-order valence-corrected chi connectivity index (χ3v) is 9.63. The Balaban J connectivity index is 1.72. The van der Waals surface area contributed by atoms with Crippen LogP contribution >= 0.6 is 0 Å². The smallest absolute Gasteiger partial charge is 0.329 e. The lowest BCUT2D eigenvalue weighted by Crippen LogP contribution is -2.61. The average molecular weight is 584 g/mol. The Kier molecular flexibility index (Phi) is 11.8. The predicted octanol–water partition coefficient (Wildman–Crippen LogP) is 2.84. The van der Waals surface area contributed by atoms with Crippen LogP contribution in [0.2, 0.25) is 0 Å². The number of ether oxygens (including phenoxy) is 3. The first-order valence-electron chi connectivity index (χ1n) is 15.6. The minimum atomic E-state index is -2.22. The molecule has 10 nitrogen and oxygen atoms in total. The van der Waals surface area contributed by atoms with Crippen molar-refractivity contribution in [1.82, 2.24) is 4.90 Å². The van der Waals surface area contributed by atoms with Crippen LogP contribution in [0.5, 0.6) is 0 Å². The van der Waals surface area contributed by atoms with Gasteiger partial charge in [-0.25, -0.2) is 4.79 Å². The van der Waals surface area contributed by atoms with Crippen LogP contribution in [0.25, 0.3) is 0 Å². The zero-order chi connectivity index (χ0) is 30.6. The normalized spacial score (nSPS) is 36.2. The molecule has 1 amide bonds. The maximum atomic E-state index is 13.6. The second kappa shape index (κ2) is 14.3. The summed E-state index contributed by atoms with van der Waals surface area (Å²) in [6.07, 6.45) is 1.71. The van der Waals surface area contributed by atoms with Crippen molar-refractivity contribution in [2.24, 2.45) is 29.6 Å². The van der Waals surface area contributed by atoms with Gasteiger partial charge in [-0.1, -0.05) is 41.5 Å². The fourth-order valence-electron chi connectivity index (χ4n) is 6.97. The number of carbonyl (C=O) groups excluding carboxylic acids is 3. The summed E-state index contributed by atoms with van der Waals surface area (Å²) in [5, 5.41) is 32.3. The largest absolute Gasteiger partial charge is 0.460 e. The highest BCUT2D eigenvalue weighted by molar-refractivity contribution is 6.39. The van der Waals surface area contributed by atoms with Crippen LogP contribution in [-0.4, -0.2) is 93.9 Å². The van der Waals surface area contributed by atoms with Crippen LogP contribution in [-0.2, 0) is 28.6 Å². The third-order valence-electron chi connectivity index (χ3n) is 9.63. The molecule has 3 aliphatic rings. The number of esters is 1. The van der Waals surface area contributed by atoms with Crippen molar-refractivity contribution in [3.63, 3.8) is 0 Å². The monoisotopic (exact) mass is 583 g/mol. The van der Waals surface area contributed by atoms with Gasteiger partial charge in [0.25, 0.3) is 11.7 Å². The zero-order valence-corrected chi connectivity index (χ0v) is 26.0. The van der Waals surface area contributed by atoms with Gasteiger partial charge in [0.05, 0.1) is 18.3 Å². The van der Waals surface area contributed by atoms with Crippen molar-refractivity contribution >= 4 is 17.7 Å². The standard InChI is InChI=1S/C31H53NO9/c1-17(2)24-14-11-20(6)31(38,41-24)28(35)29(36)32-15-9-8-10-22(32)30(37)40-26(18(3)4)19(5)16-21-12-13-23(33)27(39-7)25(21)34/h17-27,33-34,38H,8-16H2,1-7H3/t19-,20-,21+,22+,23-,24?,25+,26+,27+,31-/m1/s1. The van der Waals surface area contributed by atoms with E-state index in [-0.39, 0.29) is 36.3 Å². The molecule has 3 N–H and O–H groups in total. The lowest BCUT2D eigenvalue weighted by Gasteiger charge is -2.43. The number of Topliss-reactive ketones (excluding diaryl/α,β-unsaturated/α-hetero) is 1. The number of hydrogen-bond acceptors (Lipinski definition) is 9. The number of piperidine rings is 1. The number of nitrogens with zero attached hydrogens (tertiary/aromatic N) is 1. The number of amides is 1. The van der Waals surface area contributed by atoms with Gasteiger partial charge in [-0.15, -0.1) is 0 Å². The summed E-state index contributed by atoms with van der Waals surface area (Å²) >= 11 is 0. The molecule has 236 valence electrons. The lowest BCUT2D eigenvalue weighted by molar-refractivity contribution is -0.269. The van der Waals surface area contributed by atoms with E-state index in [4.69, 9.17) is 14.2 Å². The first kappa shape index (κ1) is 33.9. The van der Waals surface area contributed by atoms with Crippen molar-refractivity contribution in [1.29, 1.82) is 0 Å².